The van der Waals surface area contributed by atoms with Crippen LogP contribution < -0.4 is 5.73 Å². The van der Waals surface area contributed by atoms with Crippen LogP contribution in [-0.2, 0) is 14.8 Å². The molecule has 0 spiro atoms. The van der Waals surface area contributed by atoms with Crippen molar-refractivity contribution < 1.29 is 18.1 Å². The molecule has 1 aliphatic heterocycles. The molecule has 0 aliphatic carbocycles. The predicted octanol–water partition coefficient (Wildman–Crippen LogP) is 1.37. The maximum Gasteiger partial charge on any atom is 0.270 e. The van der Waals surface area contributed by atoms with Gasteiger partial charge in [0.1, 0.15) is 0 Å². The summed E-state index contributed by atoms with van der Waals surface area (Å²) in [4.78, 5) is 24.2. The number of piperazine rings is 1. The third-order valence-corrected chi connectivity index (χ3v) is 6.34. The number of non-ortho nitro benzene ring substituents is 1. The zero-order valence-electron chi connectivity index (χ0n) is 15.3. The first-order valence-corrected chi connectivity index (χ1v) is 9.86. The number of sulfonamides is 1. The molecule has 1 amide bonds. The highest BCUT2D eigenvalue weighted by Crippen LogP contribution is 2.23. The van der Waals surface area contributed by atoms with Crippen LogP contribution in [0.3, 0.4) is 0 Å². The lowest BCUT2D eigenvalue weighted by Gasteiger charge is -2.37. The molecule has 0 radical (unpaired) electrons. The summed E-state index contributed by atoms with van der Waals surface area (Å²) in [5, 5.41) is 10.9. The van der Waals surface area contributed by atoms with Crippen molar-refractivity contribution in [1.82, 2.24) is 9.21 Å². The fraction of sp³-hybridized carbons (Fsp3) is 0.562. The number of carbonyl (C=O) groups is 1. The second-order valence-corrected chi connectivity index (χ2v) is 8.56. The third-order valence-electron chi connectivity index (χ3n) is 4.45. The van der Waals surface area contributed by atoms with Gasteiger partial charge in [0.05, 0.1) is 15.4 Å². The third kappa shape index (κ3) is 5.16. The molecule has 1 atom stereocenters. The first-order valence-electron chi connectivity index (χ1n) is 8.42. The molecule has 1 saturated heterocycles. The summed E-state index contributed by atoms with van der Waals surface area (Å²) in [6, 6.07) is 4.96. The molecule has 1 heterocycles. The summed E-state index contributed by atoms with van der Waals surface area (Å²) in [6.07, 6.45) is 1.33. The van der Waals surface area contributed by atoms with Crippen LogP contribution in [0.25, 0.3) is 0 Å². The average molecular weight is 421 g/mol. The molecule has 1 fully saturated rings. The van der Waals surface area contributed by atoms with Crippen molar-refractivity contribution in [2.24, 2.45) is 5.73 Å². The zero-order valence-corrected chi connectivity index (χ0v) is 17.0. The molecular formula is C16H25ClN4O5S. The average Bonchev–Trinajstić information content (AvgIpc) is 2.61. The van der Waals surface area contributed by atoms with Crippen LogP contribution in [0, 0.1) is 10.1 Å². The van der Waals surface area contributed by atoms with Crippen LogP contribution in [-0.4, -0.2) is 60.2 Å². The fourth-order valence-electron chi connectivity index (χ4n) is 3.03. The van der Waals surface area contributed by atoms with Crippen LogP contribution in [0.4, 0.5) is 5.69 Å². The number of nitrogens with two attached hydrogens (primary N) is 1. The number of benzene rings is 1. The maximum absolute atomic E-state index is 12.7. The smallest absolute Gasteiger partial charge is 0.270 e. The van der Waals surface area contributed by atoms with E-state index in [1.54, 1.807) is 11.8 Å². The monoisotopic (exact) mass is 420 g/mol. The van der Waals surface area contributed by atoms with Crippen molar-refractivity contribution in [1.29, 1.82) is 0 Å². The number of halogens is 1. The van der Waals surface area contributed by atoms with E-state index in [0.717, 1.165) is 12.5 Å². The Morgan fingerprint density at radius 3 is 2.41 bits per heavy atom. The number of nitro groups is 1. The standard InChI is InChI=1S/C16H24N4O5S.ClH/c1-3-7-16(2,17)15(21)18-8-10-19(11-9-18)26(24,25)14-6-4-5-13(12-14)20(22)23;/h4-6,12H,3,7-11,17H2,1-2H3;1H. The zero-order chi connectivity index (χ0) is 19.5. The van der Waals surface area contributed by atoms with Gasteiger partial charge in [-0.05, 0) is 19.4 Å². The molecule has 0 aromatic heterocycles. The topological polar surface area (TPSA) is 127 Å². The van der Waals surface area contributed by atoms with Gasteiger partial charge in [-0.25, -0.2) is 8.42 Å². The molecule has 2 N–H and O–H groups in total. The van der Waals surface area contributed by atoms with Gasteiger partial charge in [0.25, 0.3) is 5.69 Å². The molecule has 152 valence electrons. The van der Waals surface area contributed by atoms with Gasteiger partial charge in [0.2, 0.25) is 15.9 Å². The van der Waals surface area contributed by atoms with Gasteiger partial charge in [-0.15, -0.1) is 12.4 Å². The number of carbonyl (C=O) groups excluding carboxylic acids is 1. The van der Waals surface area contributed by atoms with Gasteiger partial charge in [0.15, 0.2) is 0 Å². The Bertz CT molecular complexity index is 792. The van der Waals surface area contributed by atoms with Crippen molar-refractivity contribution >= 4 is 34.0 Å². The molecule has 9 nitrogen and oxygen atoms in total. The summed E-state index contributed by atoms with van der Waals surface area (Å²) in [5.41, 5.74) is 4.83. The minimum Gasteiger partial charge on any atom is -0.338 e. The van der Waals surface area contributed by atoms with Crippen molar-refractivity contribution in [3.63, 3.8) is 0 Å². The normalized spacial score (nSPS) is 17.7. The van der Waals surface area contributed by atoms with Crippen LogP contribution in [0.1, 0.15) is 26.7 Å². The Morgan fingerprint density at radius 1 is 1.30 bits per heavy atom. The van der Waals surface area contributed by atoms with Crippen molar-refractivity contribution in [2.75, 3.05) is 26.2 Å². The first-order chi connectivity index (χ1) is 12.1. The van der Waals surface area contributed by atoms with Crippen LogP contribution in [0.5, 0.6) is 0 Å². The molecule has 1 aliphatic rings. The molecule has 1 aromatic rings. The number of nitro benzene ring substituents is 1. The van der Waals surface area contributed by atoms with Crippen molar-refractivity contribution in [3.8, 4) is 0 Å². The van der Waals surface area contributed by atoms with E-state index in [0.29, 0.717) is 6.42 Å². The summed E-state index contributed by atoms with van der Waals surface area (Å²) in [7, 11) is -3.85. The quantitative estimate of drug-likeness (QED) is 0.546. The lowest BCUT2D eigenvalue weighted by atomic mass is 9.95. The van der Waals surface area contributed by atoms with E-state index in [9.17, 15) is 23.3 Å². The highest BCUT2D eigenvalue weighted by atomic mass is 35.5. The molecule has 27 heavy (non-hydrogen) atoms. The fourth-order valence-corrected chi connectivity index (χ4v) is 4.49. The van der Waals surface area contributed by atoms with E-state index >= 15 is 0 Å². The summed E-state index contributed by atoms with van der Waals surface area (Å²) >= 11 is 0. The Hall–Kier alpha value is -1.75. The minimum atomic E-state index is -3.85. The number of hydrogen-bond donors (Lipinski definition) is 1. The summed E-state index contributed by atoms with van der Waals surface area (Å²) in [6.45, 7) is 4.36. The Morgan fingerprint density at radius 2 is 1.89 bits per heavy atom. The van der Waals surface area contributed by atoms with E-state index in [4.69, 9.17) is 5.73 Å². The van der Waals surface area contributed by atoms with E-state index < -0.39 is 20.5 Å². The number of nitrogens with zero attached hydrogens (tertiary/aromatic N) is 3. The Labute approximate surface area is 165 Å². The second-order valence-electron chi connectivity index (χ2n) is 6.62. The number of rotatable bonds is 6. The van der Waals surface area contributed by atoms with E-state index in [1.165, 1.54) is 22.5 Å². The summed E-state index contributed by atoms with van der Waals surface area (Å²) in [5.74, 6) is -0.188. The predicted molar refractivity (Wildman–Crippen MR) is 103 cm³/mol. The first kappa shape index (κ1) is 23.3. The molecule has 2 rings (SSSR count). The van der Waals surface area contributed by atoms with Crippen molar-refractivity contribution in [2.45, 2.75) is 37.1 Å². The van der Waals surface area contributed by atoms with Gasteiger partial charge in [-0.2, -0.15) is 4.31 Å². The SMILES string of the molecule is CCCC(C)(N)C(=O)N1CCN(S(=O)(=O)c2cccc([N+](=O)[O-])c2)CC1.Cl. The maximum atomic E-state index is 12.7. The molecule has 1 unspecified atom stereocenters. The van der Waals surface area contributed by atoms with Crippen molar-refractivity contribution in [3.05, 3.63) is 34.4 Å². The molecule has 0 saturated carbocycles. The van der Waals surface area contributed by atoms with Gasteiger partial charge in [-0.3, -0.25) is 14.9 Å². The lowest BCUT2D eigenvalue weighted by molar-refractivity contribution is -0.385. The van der Waals surface area contributed by atoms with Gasteiger partial charge in [-0.1, -0.05) is 19.4 Å². The van der Waals surface area contributed by atoms with Crippen LogP contribution >= 0.6 is 12.4 Å². The van der Waals surface area contributed by atoms with Crippen LogP contribution in [0.2, 0.25) is 0 Å². The lowest BCUT2D eigenvalue weighted by Crippen LogP contribution is -2.58. The van der Waals surface area contributed by atoms with Gasteiger partial charge in [0, 0.05) is 38.3 Å². The van der Waals surface area contributed by atoms with E-state index in [2.05, 4.69) is 0 Å². The largest absolute Gasteiger partial charge is 0.338 e. The second kappa shape index (κ2) is 8.96. The van der Waals surface area contributed by atoms with Gasteiger partial charge < -0.3 is 10.6 Å². The highest BCUT2D eigenvalue weighted by molar-refractivity contribution is 7.89. The van der Waals surface area contributed by atoms with Gasteiger partial charge >= 0.3 is 0 Å². The molecule has 1 aromatic carbocycles. The highest BCUT2D eigenvalue weighted by Gasteiger charge is 2.36. The molecule has 0 bridgehead atoms. The Kier molecular flexibility index (Phi) is 7.73. The van der Waals surface area contributed by atoms with E-state index in [-0.39, 0.29) is 55.1 Å². The number of amides is 1. The Balaban J connectivity index is 0.00000364. The van der Waals surface area contributed by atoms with E-state index in [1.807, 2.05) is 6.92 Å². The number of hydrogen-bond acceptors (Lipinski definition) is 6. The summed E-state index contributed by atoms with van der Waals surface area (Å²) < 4.78 is 26.7. The molecule has 11 heteroatoms. The minimum absolute atomic E-state index is 0. The molecular weight excluding hydrogens is 396 g/mol. The van der Waals surface area contributed by atoms with Crippen LogP contribution in [0.15, 0.2) is 29.2 Å².